The summed E-state index contributed by atoms with van der Waals surface area (Å²) in [5.41, 5.74) is 2.11. The molecule has 4 rings (SSSR count). The molecule has 2 saturated heterocycles. The molecule has 0 bridgehead atoms. The number of nitrogens with zero attached hydrogens (tertiary/aromatic N) is 3. The van der Waals surface area contributed by atoms with E-state index in [9.17, 15) is 5.11 Å². The summed E-state index contributed by atoms with van der Waals surface area (Å²) in [7, 11) is 0. The summed E-state index contributed by atoms with van der Waals surface area (Å²) in [6.07, 6.45) is 6.00. The molecular formula is C24H36N4O2. The summed E-state index contributed by atoms with van der Waals surface area (Å²) in [6.45, 7) is 13.9. The summed E-state index contributed by atoms with van der Waals surface area (Å²) < 4.78 is 7.46. The average Bonchev–Trinajstić information content (AvgIpc) is 3.20. The Morgan fingerprint density at radius 2 is 2.03 bits per heavy atom. The van der Waals surface area contributed by atoms with E-state index in [-0.39, 0.29) is 0 Å². The van der Waals surface area contributed by atoms with Crippen LogP contribution in [0.5, 0.6) is 0 Å². The minimum Gasteiger partial charge on any atom is -0.388 e. The van der Waals surface area contributed by atoms with Gasteiger partial charge in [-0.1, -0.05) is 24.8 Å². The SMILES string of the molecule is C=C(NCC1(O)CCN(CC2CCOCC2)CC1)c1cccc2cn(C(C)C)nc12. The van der Waals surface area contributed by atoms with Crippen LogP contribution < -0.4 is 5.32 Å². The van der Waals surface area contributed by atoms with Crippen LogP contribution in [0.4, 0.5) is 0 Å². The van der Waals surface area contributed by atoms with Gasteiger partial charge in [0.25, 0.3) is 0 Å². The summed E-state index contributed by atoms with van der Waals surface area (Å²) in [4.78, 5) is 2.51. The van der Waals surface area contributed by atoms with Gasteiger partial charge in [0.05, 0.1) is 5.60 Å². The summed E-state index contributed by atoms with van der Waals surface area (Å²) in [5, 5.41) is 20.4. The van der Waals surface area contributed by atoms with Crippen molar-refractivity contribution < 1.29 is 9.84 Å². The lowest BCUT2D eigenvalue weighted by molar-refractivity contribution is -0.0257. The number of likely N-dealkylation sites (tertiary alicyclic amines) is 1. The molecule has 2 aliphatic heterocycles. The standard InChI is InChI=1S/C24H36N4O2/c1-18(2)28-16-21-5-4-6-22(23(21)26-28)19(3)25-17-24(29)9-11-27(12-10-24)15-20-7-13-30-14-8-20/h4-6,16,18,20,25,29H,3,7-15,17H2,1-2H3. The molecule has 0 amide bonds. The Bertz CT molecular complexity index is 861. The second kappa shape index (κ2) is 9.08. The van der Waals surface area contributed by atoms with E-state index >= 15 is 0 Å². The quantitative estimate of drug-likeness (QED) is 0.730. The number of aromatic nitrogens is 2. The van der Waals surface area contributed by atoms with Crippen molar-refractivity contribution in [2.45, 2.75) is 51.2 Å². The van der Waals surface area contributed by atoms with Gasteiger partial charge in [-0.15, -0.1) is 0 Å². The van der Waals surface area contributed by atoms with Crippen LogP contribution in [0.3, 0.4) is 0 Å². The van der Waals surface area contributed by atoms with Crippen molar-refractivity contribution in [2.24, 2.45) is 5.92 Å². The van der Waals surface area contributed by atoms with Gasteiger partial charge in [0.2, 0.25) is 0 Å². The molecular weight excluding hydrogens is 376 g/mol. The van der Waals surface area contributed by atoms with Crippen LogP contribution in [0, 0.1) is 5.92 Å². The number of piperidine rings is 1. The molecule has 1 aromatic heterocycles. The molecule has 2 aromatic rings. The Morgan fingerprint density at radius 1 is 1.30 bits per heavy atom. The minimum atomic E-state index is -0.680. The third-order valence-corrected chi connectivity index (χ3v) is 6.68. The van der Waals surface area contributed by atoms with Crippen molar-refractivity contribution >= 4 is 16.6 Å². The van der Waals surface area contributed by atoms with Gasteiger partial charge in [-0.2, -0.15) is 5.10 Å². The second-order valence-electron chi connectivity index (χ2n) is 9.36. The molecule has 2 N–H and O–H groups in total. The molecule has 6 heteroatoms. The van der Waals surface area contributed by atoms with Crippen molar-refractivity contribution in [1.29, 1.82) is 0 Å². The van der Waals surface area contributed by atoms with Gasteiger partial charge < -0.3 is 20.1 Å². The van der Waals surface area contributed by atoms with Crippen LogP contribution in [0.15, 0.2) is 31.0 Å². The fourth-order valence-electron chi connectivity index (χ4n) is 4.56. The van der Waals surface area contributed by atoms with E-state index in [1.807, 2.05) is 10.7 Å². The maximum absolute atomic E-state index is 11.1. The van der Waals surface area contributed by atoms with Crippen LogP contribution in [-0.4, -0.2) is 64.8 Å². The zero-order chi connectivity index (χ0) is 21.1. The first-order chi connectivity index (χ1) is 14.4. The van der Waals surface area contributed by atoms with E-state index in [1.165, 1.54) is 12.8 Å². The largest absolute Gasteiger partial charge is 0.388 e. The molecule has 0 unspecified atom stereocenters. The van der Waals surface area contributed by atoms with Crippen LogP contribution in [0.25, 0.3) is 16.6 Å². The van der Waals surface area contributed by atoms with Gasteiger partial charge in [0, 0.05) is 68.3 Å². The molecule has 0 aliphatic carbocycles. The summed E-state index contributed by atoms with van der Waals surface area (Å²) in [5.74, 6) is 0.744. The van der Waals surface area contributed by atoms with E-state index in [0.717, 1.165) is 73.8 Å². The number of fused-ring (bicyclic) bond motifs is 1. The monoisotopic (exact) mass is 412 g/mol. The number of nitrogens with one attached hydrogen (secondary N) is 1. The molecule has 0 atom stereocenters. The smallest absolute Gasteiger partial charge is 0.102 e. The van der Waals surface area contributed by atoms with E-state index in [0.29, 0.717) is 12.6 Å². The van der Waals surface area contributed by atoms with Crippen molar-refractivity contribution in [1.82, 2.24) is 20.0 Å². The minimum absolute atomic E-state index is 0.318. The molecule has 30 heavy (non-hydrogen) atoms. The first kappa shape index (κ1) is 21.3. The van der Waals surface area contributed by atoms with Crippen molar-refractivity contribution in [3.05, 3.63) is 36.5 Å². The van der Waals surface area contributed by atoms with Crippen LogP contribution in [0.1, 0.15) is 51.1 Å². The lowest BCUT2D eigenvalue weighted by atomic mass is 9.90. The maximum atomic E-state index is 11.1. The van der Waals surface area contributed by atoms with Gasteiger partial charge >= 0.3 is 0 Å². The van der Waals surface area contributed by atoms with E-state index in [2.05, 4.69) is 49.0 Å². The number of aliphatic hydroxyl groups is 1. The third kappa shape index (κ3) is 4.88. The lowest BCUT2D eigenvalue weighted by Gasteiger charge is -2.40. The van der Waals surface area contributed by atoms with Gasteiger partial charge in [-0.3, -0.25) is 4.68 Å². The number of hydrogen-bond donors (Lipinski definition) is 2. The number of hydrogen-bond acceptors (Lipinski definition) is 5. The second-order valence-corrected chi connectivity index (χ2v) is 9.36. The van der Waals surface area contributed by atoms with Gasteiger partial charge in [0.15, 0.2) is 0 Å². The molecule has 2 fully saturated rings. The van der Waals surface area contributed by atoms with Gasteiger partial charge in [-0.25, -0.2) is 0 Å². The first-order valence-corrected chi connectivity index (χ1v) is 11.4. The Hall–Kier alpha value is -1.89. The zero-order valence-corrected chi connectivity index (χ0v) is 18.4. The highest BCUT2D eigenvalue weighted by atomic mass is 16.5. The molecule has 0 radical (unpaired) electrons. The van der Waals surface area contributed by atoms with Crippen molar-refractivity contribution in [2.75, 3.05) is 39.4 Å². The van der Waals surface area contributed by atoms with Crippen molar-refractivity contribution in [3.8, 4) is 0 Å². The molecule has 3 heterocycles. The highest BCUT2D eigenvalue weighted by molar-refractivity contribution is 5.89. The van der Waals surface area contributed by atoms with Crippen LogP contribution in [-0.2, 0) is 4.74 Å². The van der Waals surface area contributed by atoms with E-state index in [4.69, 9.17) is 9.84 Å². The third-order valence-electron chi connectivity index (χ3n) is 6.68. The Kier molecular flexibility index (Phi) is 6.46. The number of rotatable bonds is 7. The lowest BCUT2D eigenvalue weighted by Crippen LogP contribution is -2.50. The molecule has 2 aliphatic rings. The number of ether oxygens (including phenoxy) is 1. The predicted molar refractivity (Wildman–Crippen MR) is 121 cm³/mol. The zero-order valence-electron chi connectivity index (χ0n) is 18.4. The predicted octanol–water partition coefficient (Wildman–Crippen LogP) is 3.43. The van der Waals surface area contributed by atoms with Crippen LogP contribution in [0.2, 0.25) is 0 Å². The fourth-order valence-corrected chi connectivity index (χ4v) is 4.56. The van der Waals surface area contributed by atoms with Gasteiger partial charge in [-0.05, 0) is 45.4 Å². The Morgan fingerprint density at radius 3 is 2.73 bits per heavy atom. The average molecular weight is 413 g/mol. The summed E-state index contributed by atoms with van der Waals surface area (Å²) in [6, 6.07) is 6.49. The normalized spacial score (nSPS) is 20.7. The molecule has 0 saturated carbocycles. The molecule has 164 valence electrons. The molecule has 6 nitrogen and oxygen atoms in total. The van der Waals surface area contributed by atoms with Crippen LogP contribution >= 0.6 is 0 Å². The number of benzene rings is 1. The Balaban J connectivity index is 1.32. The maximum Gasteiger partial charge on any atom is 0.102 e. The topological polar surface area (TPSA) is 62.6 Å². The molecule has 0 spiro atoms. The first-order valence-electron chi connectivity index (χ1n) is 11.4. The highest BCUT2D eigenvalue weighted by Gasteiger charge is 2.33. The van der Waals surface area contributed by atoms with Crippen molar-refractivity contribution in [3.63, 3.8) is 0 Å². The van der Waals surface area contributed by atoms with E-state index < -0.39 is 5.60 Å². The highest BCUT2D eigenvalue weighted by Crippen LogP contribution is 2.27. The Labute approximate surface area is 179 Å². The molecule has 1 aromatic carbocycles. The summed E-state index contributed by atoms with van der Waals surface area (Å²) >= 11 is 0. The van der Waals surface area contributed by atoms with E-state index in [1.54, 1.807) is 0 Å². The van der Waals surface area contributed by atoms with Gasteiger partial charge in [0.1, 0.15) is 5.52 Å². The fraction of sp³-hybridized carbons (Fsp3) is 0.625.